The van der Waals surface area contributed by atoms with E-state index in [1.165, 1.54) is 7.11 Å². The van der Waals surface area contributed by atoms with Crippen LogP contribution in [0.4, 0.5) is 0 Å². The number of carboxylic acid groups (broad SMARTS) is 1. The molecule has 0 heterocycles. The molecule has 0 saturated heterocycles. The highest BCUT2D eigenvalue weighted by Gasteiger charge is 2.18. The number of hydrogen-bond donors (Lipinski definition) is 3. The molecule has 0 aromatic rings. The molecular formula is C9H18N2O4. The number of nitrogens with one attached hydrogen (secondary N) is 2. The number of methoxy groups -OCH3 is 1. The van der Waals surface area contributed by atoms with Crippen LogP contribution >= 0.6 is 0 Å². The molecule has 0 radical (unpaired) electrons. The average Bonchev–Trinajstić information content (AvgIpc) is 2.20. The largest absolute Gasteiger partial charge is 0.480 e. The van der Waals surface area contributed by atoms with Crippen molar-refractivity contribution in [2.75, 3.05) is 27.3 Å². The molecule has 6 heteroatoms. The molecule has 1 unspecified atom stereocenters. The molecule has 15 heavy (non-hydrogen) atoms. The van der Waals surface area contributed by atoms with Crippen molar-refractivity contribution in [3.05, 3.63) is 0 Å². The first-order chi connectivity index (χ1) is 7.11. The smallest absolute Gasteiger partial charge is 0.326 e. The zero-order valence-electron chi connectivity index (χ0n) is 9.08. The predicted octanol–water partition coefficient (Wildman–Crippen LogP) is -0.798. The Morgan fingerprint density at radius 2 is 2.13 bits per heavy atom. The lowest BCUT2D eigenvalue weighted by atomic mass is 10.2. The maximum atomic E-state index is 11.2. The van der Waals surface area contributed by atoms with Crippen LogP contribution in [0.2, 0.25) is 0 Å². The Morgan fingerprint density at radius 3 is 2.60 bits per heavy atom. The lowest BCUT2D eigenvalue weighted by Gasteiger charge is -2.13. The van der Waals surface area contributed by atoms with Gasteiger partial charge in [-0.2, -0.15) is 0 Å². The van der Waals surface area contributed by atoms with Gasteiger partial charge in [0.25, 0.3) is 0 Å². The number of carbonyl (C=O) groups is 2. The Bertz CT molecular complexity index is 208. The predicted molar refractivity (Wildman–Crippen MR) is 54.6 cm³/mol. The van der Waals surface area contributed by atoms with Crippen LogP contribution in [-0.2, 0) is 14.3 Å². The lowest BCUT2D eigenvalue weighted by Crippen LogP contribution is -2.42. The first kappa shape index (κ1) is 13.9. The van der Waals surface area contributed by atoms with Gasteiger partial charge in [-0.1, -0.05) is 0 Å². The van der Waals surface area contributed by atoms with Crippen molar-refractivity contribution in [1.29, 1.82) is 0 Å². The van der Waals surface area contributed by atoms with Crippen LogP contribution in [0.25, 0.3) is 0 Å². The summed E-state index contributed by atoms with van der Waals surface area (Å²) in [5.41, 5.74) is 0. The van der Waals surface area contributed by atoms with E-state index in [-0.39, 0.29) is 18.7 Å². The van der Waals surface area contributed by atoms with E-state index >= 15 is 0 Å². The monoisotopic (exact) mass is 218 g/mol. The summed E-state index contributed by atoms with van der Waals surface area (Å²) in [5.74, 6) is -1.31. The van der Waals surface area contributed by atoms with Gasteiger partial charge in [-0.15, -0.1) is 0 Å². The van der Waals surface area contributed by atoms with Gasteiger partial charge >= 0.3 is 5.97 Å². The van der Waals surface area contributed by atoms with Gasteiger partial charge in [0.05, 0.1) is 0 Å². The number of carbonyl (C=O) groups excluding carboxylic acids is 1. The molecule has 0 rings (SSSR count). The average molecular weight is 218 g/mol. The second kappa shape index (κ2) is 8.19. The molecule has 0 fully saturated rings. The van der Waals surface area contributed by atoms with E-state index in [4.69, 9.17) is 9.84 Å². The van der Waals surface area contributed by atoms with Gasteiger partial charge in [-0.3, -0.25) is 4.79 Å². The highest BCUT2D eigenvalue weighted by atomic mass is 16.5. The molecule has 0 aromatic carbocycles. The molecule has 0 saturated carbocycles. The van der Waals surface area contributed by atoms with Crippen molar-refractivity contribution in [3.63, 3.8) is 0 Å². The molecule has 88 valence electrons. The van der Waals surface area contributed by atoms with Crippen molar-refractivity contribution in [1.82, 2.24) is 10.6 Å². The summed E-state index contributed by atoms with van der Waals surface area (Å²) in [6, 6.07) is -0.866. The summed E-state index contributed by atoms with van der Waals surface area (Å²) in [7, 11) is 3.22. The van der Waals surface area contributed by atoms with Gasteiger partial charge in [-0.05, 0) is 7.05 Å². The summed E-state index contributed by atoms with van der Waals surface area (Å²) in [6.07, 6.45) is 0.546. The molecule has 3 N–H and O–H groups in total. The van der Waals surface area contributed by atoms with E-state index in [1.54, 1.807) is 7.05 Å². The number of aliphatic carboxylic acids is 1. The fraction of sp³-hybridized carbons (Fsp3) is 0.778. The molecule has 0 aliphatic carbocycles. The number of rotatable bonds is 8. The topological polar surface area (TPSA) is 87.7 Å². The zero-order chi connectivity index (χ0) is 11.7. The van der Waals surface area contributed by atoms with Crippen molar-refractivity contribution in [3.8, 4) is 0 Å². The van der Waals surface area contributed by atoms with Crippen LogP contribution in [-0.4, -0.2) is 50.3 Å². The number of hydrogen-bond acceptors (Lipinski definition) is 4. The van der Waals surface area contributed by atoms with Crippen molar-refractivity contribution >= 4 is 11.9 Å². The SMILES string of the molecule is CNCCC(=O)NC(CCOC)C(=O)O. The Morgan fingerprint density at radius 1 is 1.47 bits per heavy atom. The van der Waals surface area contributed by atoms with Crippen molar-refractivity contribution < 1.29 is 19.4 Å². The van der Waals surface area contributed by atoms with Crippen LogP contribution in [0.3, 0.4) is 0 Å². The van der Waals surface area contributed by atoms with Gasteiger partial charge in [0, 0.05) is 33.1 Å². The Kier molecular flexibility index (Phi) is 7.57. The van der Waals surface area contributed by atoms with Gasteiger partial charge in [0.15, 0.2) is 0 Å². The number of ether oxygens (including phenoxy) is 1. The maximum Gasteiger partial charge on any atom is 0.326 e. The van der Waals surface area contributed by atoms with E-state index in [9.17, 15) is 9.59 Å². The second-order valence-corrected chi connectivity index (χ2v) is 3.09. The molecule has 0 aromatic heterocycles. The number of carboxylic acids is 1. The summed E-state index contributed by atoms with van der Waals surface area (Å²) in [5, 5.41) is 14.0. The Balaban J connectivity index is 3.93. The van der Waals surface area contributed by atoms with Crippen LogP contribution in [0.1, 0.15) is 12.8 Å². The number of amides is 1. The van der Waals surface area contributed by atoms with Gasteiger partial charge in [0.2, 0.25) is 5.91 Å². The quantitative estimate of drug-likeness (QED) is 0.496. The third-order valence-electron chi connectivity index (χ3n) is 1.85. The minimum atomic E-state index is -1.04. The van der Waals surface area contributed by atoms with E-state index in [2.05, 4.69) is 10.6 Å². The van der Waals surface area contributed by atoms with Gasteiger partial charge in [0.1, 0.15) is 6.04 Å². The van der Waals surface area contributed by atoms with Crippen molar-refractivity contribution in [2.24, 2.45) is 0 Å². The molecule has 0 spiro atoms. The van der Waals surface area contributed by atoms with Gasteiger partial charge < -0.3 is 20.5 Å². The van der Waals surface area contributed by atoms with Gasteiger partial charge in [-0.25, -0.2) is 4.79 Å². The highest BCUT2D eigenvalue weighted by molar-refractivity contribution is 5.83. The van der Waals surface area contributed by atoms with Crippen LogP contribution in [0, 0.1) is 0 Å². The molecule has 0 bridgehead atoms. The standard InChI is InChI=1S/C9H18N2O4/c1-10-5-3-8(12)11-7(9(13)14)4-6-15-2/h7,10H,3-6H2,1-2H3,(H,11,12)(H,13,14). The summed E-state index contributed by atoms with van der Waals surface area (Å²) < 4.78 is 4.76. The van der Waals surface area contributed by atoms with Crippen molar-refractivity contribution in [2.45, 2.75) is 18.9 Å². The van der Waals surface area contributed by atoms with E-state index in [0.717, 1.165) is 0 Å². The fourth-order valence-corrected chi connectivity index (χ4v) is 0.998. The minimum absolute atomic E-state index is 0.271. The second-order valence-electron chi connectivity index (χ2n) is 3.09. The third kappa shape index (κ3) is 6.87. The summed E-state index contributed by atoms with van der Waals surface area (Å²) >= 11 is 0. The molecule has 0 aliphatic heterocycles. The van der Waals surface area contributed by atoms with E-state index in [0.29, 0.717) is 13.2 Å². The summed E-state index contributed by atoms with van der Waals surface area (Å²) in [4.78, 5) is 22.0. The van der Waals surface area contributed by atoms with E-state index < -0.39 is 12.0 Å². The fourth-order valence-electron chi connectivity index (χ4n) is 0.998. The molecule has 0 aliphatic rings. The highest BCUT2D eigenvalue weighted by Crippen LogP contribution is 1.94. The first-order valence-electron chi connectivity index (χ1n) is 4.77. The Labute approximate surface area is 89.0 Å². The van der Waals surface area contributed by atoms with Crippen LogP contribution < -0.4 is 10.6 Å². The summed E-state index contributed by atoms with van der Waals surface area (Å²) in [6.45, 7) is 0.839. The zero-order valence-corrected chi connectivity index (χ0v) is 9.08. The molecule has 1 amide bonds. The molecule has 6 nitrogen and oxygen atoms in total. The Hall–Kier alpha value is -1.14. The normalized spacial score (nSPS) is 12.1. The van der Waals surface area contributed by atoms with Crippen LogP contribution in [0.5, 0.6) is 0 Å². The van der Waals surface area contributed by atoms with Crippen LogP contribution in [0.15, 0.2) is 0 Å². The lowest BCUT2D eigenvalue weighted by molar-refractivity contribution is -0.142. The maximum absolute atomic E-state index is 11.2. The first-order valence-corrected chi connectivity index (χ1v) is 4.77. The minimum Gasteiger partial charge on any atom is -0.480 e. The third-order valence-corrected chi connectivity index (χ3v) is 1.85. The molecule has 1 atom stereocenters. The van der Waals surface area contributed by atoms with E-state index in [1.807, 2.05) is 0 Å². The molecular weight excluding hydrogens is 200 g/mol.